The zero-order valence-electron chi connectivity index (χ0n) is 11.3. The van der Waals surface area contributed by atoms with Crippen molar-refractivity contribution in [2.75, 3.05) is 17.8 Å². The Bertz CT molecular complexity index is 549. The van der Waals surface area contributed by atoms with E-state index in [1.165, 1.54) is 16.4 Å². The largest absolute Gasteiger partial charge is 0.508 e. The minimum absolute atomic E-state index is 0.132. The number of rotatable bonds is 3. The van der Waals surface area contributed by atoms with Gasteiger partial charge in [-0.05, 0) is 49.4 Å². The monoisotopic (exact) mass is 284 g/mol. The van der Waals surface area contributed by atoms with E-state index in [0.29, 0.717) is 30.3 Å². The first-order valence-corrected chi connectivity index (χ1v) is 7.90. The summed E-state index contributed by atoms with van der Waals surface area (Å²) in [7, 11) is -3.49. The van der Waals surface area contributed by atoms with Crippen LogP contribution in [-0.4, -0.2) is 30.9 Å². The predicted molar refractivity (Wildman–Crippen MR) is 75.4 cm³/mol. The minimum atomic E-state index is -3.49. The minimum Gasteiger partial charge on any atom is -0.508 e. The van der Waals surface area contributed by atoms with Gasteiger partial charge < -0.3 is 5.11 Å². The number of piperidine rings is 1. The molecule has 0 atom stereocenters. The number of aryl methyl sites for hydroxylation is 1. The van der Waals surface area contributed by atoms with Crippen LogP contribution in [0.1, 0.15) is 25.3 Å². The summed E-state index contributed by atoms with van der Waals surface area (Å²) in [6.07, 6.45) is 1.80. The van der Waals surface area contributed by atoms with Crippen LogP contribution in [0, 0.1) is 12.8 Å². The normalized spacial score (nSPS) is 18.4. The Morgan fingerprint density at radius 3 is 2.53 bits per heavy atom. The van der Waals surface area contributed by atoms with Gasteiger partial charge in [-0.2, -0.15) is 12.7 Å². The molecule has 1 saturated heterocycles. The fourth-order valence-electron chi connectivity index (χ4n) is 2.19. The summed E-state index contributed by atoms with van der Waals surface area (Å²) in [6, 6.07) is 4.59. The molecule has 0 bridgehead atoms. The van der Waals surface area contributed by atoms with Gasteiger partial charge in [-0.15, -0.1) is 0 Å². The number of nitrogens with one attached hydrogen (secondary N) is 1. The molecule has 0 aliphatic carbocycles. The predicted octanol–water partition coefficient (Wildman–Crippen LogP) is 2.09. The lowest BCUT2D eigenvalue weighted by Gasteiger charge is -2.29. The van der Waals surface area contributed by atoms with Gasteiger partial charge in [0.15, 0.2) is 0 Å². The van der Waals surface area contributed by atoms with E-state index in [1.807, 2.05) is 0 Å². The maximum absolute atomic E-state index is 12.3. The molecule has 2 rings (SSSR count). The molecule has 0 amide bonds. The van der Waals surface area contributed by atoms with Crippen molar-refractivity contribution in [2.45, 2.75) is 26.7 Å². The summed E-state index contributed by atoms with van der Waals surface area (Å²) < 4.78 is 28.6. The number of benzene rings is 1. The number of phenols is 1. The van der Waals surface area contributed by atoms with Crippen LogP contribution in [0.3, 0.4) is 0 Å². The molecule has 1 aliphatic rings. The van der Waals surface area contributed by atoms with Gasteiger partial charge in [0.05, 0.1) is 5.69 Å². The van der Waals surface area contributed by atoms with Crippen molar-refractivity contribution in [2.24, 2.45) is 5.92 Å². The number of nitrogens with zero attached hydrogens (tertiary/aromatic N) is 1. The van der Waals surface area contributed by atoms with Crippen molar-refractivity contribution in [1.82, 2.24) is 4.31 Å². The van der Waals surface area contributed by atoms with Gasteiger partial charge >= 0.3 is 10.2 Å². The highest BCUT2D eigenvalue weighted by molar-refractivity contribution is 7.90. The average molecular weight is 284 g/mol. The quantitative estimate of drug-likeness (QED) is 0.835. The third-order valence-electron chi connectivity index (χ3n) is 3.53. The molecule has 0 aromatic heterocycles. The molecule has 1 aliphatic heterocycles. The van der Waals surface area contributed by atoms with Gasteiger partial charge in [-0.3, -0.25) is 4.72 Å². The summed E-state index contributed by atoms with van der Waals surface area (Å²) in [6.45, 7) is 5.03. The van der Waals surface area contributed by atoms with Gasteiger partial charge in [0, 0.05) is 13.1 Å². The number of phenolic OH excluding ortho intramolecular Hbond substituents is 1. The second kappa shape index (κ2) is 5.38. The van der Waals surface area contributed by atoms with E-state index >= 15 is 0 Å². The molecule has 5 nitrogen and oxygen atoms in total. The Morgan fingerprint density at radius 2 is 1.95 bits per heavy atom. The van der Waals surface area contributed by atoms with Crippen LogP contribution in [0.5, 0.6) is 5.75 Å². The Hall–Kier alpha value is -1.27. The lowest BCUT2D eigenvalue weighted by molar-refractivity contribution is 0.289. The van der Waals surface area contributed by atoms with Gasteiger partial charge in [-0.1, -0.05) is 6.92 Å². The summed E-state index contributed by atoms with van der Waals surface area (Å²) >= 11 is 0. The first-order valence-electron chi connectivity index (χ1n) is 6.46. The van der Waals surface area contributed by atoms with Gasteiger partial charge in [0.25, 0.3) is 0 Å². The SMILES string of the molecule is Cc1cc(O)ccc1NS(=O)(=O)N1CCC(C)CC1. The molecule has 1 aromatic carbocycles. The Labute approximate surface area is 114 Å². The summed E-state index contributed by atoms with van der Waals surface area (Å²) in [5, 5.41) is 9.33. The maximum atomic E-state index is 12.3. The van der Waals surface area contributed by atoms with Crippen molar-refractivity contribution in [3.8, 4) is 5.75 Å². The van der Waals surface area contributed by atoms with Crippen LogP contribution in [0.2, 0.25) is 0 Å². The smallest absolute Gasteiger partial charge is 0.301 e. The first-order chi connectivity index (χ1) is 8.88. The van der Waals surface area contributed by atoms with Crippen LogP contribution >= 0.6 is 0 Å². The highest BCUT2D eigenvalue weighted by Gasteiger charge is 2.26. The van der Waals surface area contributed by atoms with E-state index in [2.05, 4.69) is 11.6 Å². The molecule has 0 saturated carbocycles. The highest BCUT2D eigenvalue weighted by Crippen LogP contribution is 2.24. The fourth-order valence-corrected chi connectivity index (χ4v) is 3.52. The van der Waals surface area contributed by atoms with Crippen LogP contribution in [0.4, 0.5) is 5.69 Å². The maximum Gasteiger partial charge on any atom is 0.301 e. The first kappa shape index (κ1) is 14.1. The van der Waals surface area contributed by atoms with E-state index in [-0.39, 0.29) is 5.75 Å². The molecule has 0 radical (unpaired) electrons. The van der Waals surface area contributed by atoms with E-state index in [0.717, 1.165) is 12.8 Å². The van der Waals surface area contributed by atoms with E-state index in [9.17, 15) is 13.5 Å². The third-order valence-corrected chi connectivity index (χ3v) is 5.05. The molecule has 19 heavy (non-hydrogen) atoms. The molecule has 106 valence electrons. The topological polar surface area (TPSA) is 69.6 Å². The Kier molecular flexibility index (Phi) is 4.01. The molecular weight excluding hydrogens is 264 g/mol. The molecule has 1 aromatic rings. The average Bonchev–Trinajstić information content (AvgIpc) is 2.33. The van der Waals surface area contributed by atoms with Crippen LogP contribution in [0.15, 0.2) is 18.2 Å². The van der Waals surface area contributed by atoms with Gasteiger partial charge in [-0.25, -0.2) is 0 Å². The van der Waals surface area contributed by atoms with Crippen molar-refractivity contribution in [3.05, 3.63) is 23.8 Å². The van der Waals surface area contributed by atoms with E-state index in [4.69, 9.17) is 0 Å². The molecular formula is C13H20N2O3S. The van der Waals surface area contributed by atoms with Crippen LogP contribution < -0.4 is 4.72 Å². The standard InChI is InChI=1S/C13H20N2O3S/c1-10-5-7-15(8-6-10)19(17,18)14-13-4-3-12(16)9-11(13)2/h3-4,9-10,14,16H,5-8H2,1-2H3. The lowest BCUT2D eigenvalue weighted by atomic mass is 10.0. The molecule has 0 spiro atoms. The molecule has 1 fully saturated rings. The van der Waals surface area contributed by atoms with Crippen molar-refractivity contribution < 1.29 is 13.5 Å². The molecule has 1 heterocycles. The second-order valence-corrected chi connectivity index (χ2v) is 6.86. The third kappa shape index (κ3) is 3.39. The second-order valence-electron chi connectivity index (χ2n) is 5.19. The zero-order chi connectivity index (χ0) is 14.0. The van der Waals surface area contributed by atoms with Crippen molar-refractivity contribution in [1.29, 1.82) is 0 Å². The van der Waals surface area contributed by atoms with Crippen molar-refractivity contribution in [3.63, 3.8) is 0 Å². The van der Waals surface area contributed by atoms with Crippen LogP contribution in [0.25, 0.3) is 0 Å². The number of aromatic hydroxyl groups is 1. The highest BCUT2D eigenvalue weighted by atomic mass is 32.2. The lowest BCUT2D eigenvalue weighted by Crippen LogP contribution is -2.41. The number of hydrogen-bond donors (Lipinski definition) is 2. The Morgan fingerprint density at radius 1 is 1.32 bits per heavy atom. The van der Waals surface area contributed by atoms with Crippen LogP contribution in [-0.2, 0) is 10.2 Å². The van der Waals surface area contributed by atoms with Gasteiger partial charge in [0.2, 0.25) is 0 Å². The summed E-state index contributed by atoms with van der Waals surface area (Å²) in [4.78, 5) is 0. The van der Waals surface area contributed by atoms with E-state index < -0.39 is 10.2 Å². The zero-order valence-corrected chi connectivity index (χ0v) is 12.1. The number of hydrogen-bond acceptors (Lipinski definition) is 3. The fraction of sp³-hybridized carbons (Fsp3) is 0.538. The van der Waals surface area contributed by atoms with E-state index in [1.54, 1.807) is 13.0 Å². The Balaban J connectivity index is 2.12. The number of anilines is 1. The molecule has 6 heteroatoms. The molecule has 0 unspecified atom stereocenters. The summed E-state index contributed by atoms with van der Waals surface area (Å²) in [5.74, 6) is 0.717. The molecule has 2 N–H and O–H groups in total. The summed E-state index contributed by atoms with van der Waals surface area (Å²) in [5.41, 5.74) is 1.21. The van der Waals surface area contributed by atoms with Crippen molar-refractivity contribution >= 4 is 15.9 Å². The van der Waals surface area contributed by atoms with Gasteiger partial charge in [0.1, 0.15) is 5.75 Å².